The maximum atomic E-state index is 10.5. The molecule has 0 spiro atoms. The Morgan fingerprint density at radius 1 is 1.54 bits per heavy atom. The summed E-state index contributed by atoms with van der Waals surface area (Å²) < 4.78 is 0. The molecule has 1 N–H and O–H groups in total. The molecular formula is C9H5NO3. The summed E-state index contributed by atoms with van der Waals surface area (Å²) in [6.45, 7) is 0. The third kappa shape index (κ3) is 1.71. The number of hydrogen-bond donors (Lipinski definition) is 1. The van der Waals surface area contributed by atoms with Crippen LogP contribution in [-0.2, 0) is 0 Å². The molecule has 0 radical (unpaired) electrons. The summed E-state index contributed by atoms with van der Waals surface area (Å²) in [5.41, 5.74) is 0.201. The highest BCUT2D eigenvalue weighted by molar-refractivity contribution is 5.91. The number of aldehydes is 1. The van der Waals surface area contributed by atoms with Crippen molar-refractivity contribution in [2.45, 2.75) is 0 Å². The minimum absolute atomic E-state index is 0.00269. The van der Waals surface area contributed by atoms with Gasteiger partial charge in [-0.2, -0.15) is 5.26 Å². The molecule has 0 amide bonds. The van der Waals surface area contributed by atoms with Crippen LogP contribution in [-0.4, -0.2) is 17.4 Å². The molecule has 4 nitrogen and oxygen atoms in total. The van der Waals surface area contributed by atoms with Crippen LogP contribution in [0.25, 0.3) is 0 Å². The maximum Gasteiger partial charge on any atom is 0.337 e. The number of nitrogens with zero attached hydrogens (tertiary/aromatic N) is 1. The predicted molar refractivity (Wildman–Crippen MR) is 43.5 cm³/mol. The maximum absolute atomic E-state index is 10.5. The molecule has 0 aliphatic rings. The quantitative estimate of drug-likeness (QED) is 0.682. The van der Waals surface area contributed by atoms with Gasteiger partial charge in [-0.1, -0.05) is 6.07 Å². The van der Waals surface area contributed by atoms with Crippen LogP contribution in [0.15, 0.2) is 18.2 Å². The van der Waals surface area contributed by atoms with Crippen LogP contribution in [0, 0.1) is 11.3 Å². The minimum Gasteiger partial charge on any atom is -0.478 e. The summed E-state index contributed by atoms with van der Waals surface area (Å²) in [4.78, 5) is 20.8. The lowest BCUT2D eigenvalue weighted by molar-refractivity contribution is 0.0696. The number of hydrogen-bond acceptors (Lipinski definition) is 3. The van der Waals surface area contributed by atoms with Gasteiger partial charge in [-0.15, -0.1) is 0 Å². The molecular weight excluding hydrogens is 170 g/mol. The number of aromatic carboxylic acids is 1. The first-order valence-corrected chi connectivity index (χ1v) is 3.41. The van der Waals surface area contributed by atoms with E-state index in [1.165, 1.54) is 18.2 Å². The fraction of sp³-hybridized carbons (Fsp3) is 0. The highest BCUT2D eigenvalue weighted by Crippen LogP contribution is 2.09. The van der Waals surface area contributed by atoms with E-state index in [0.717, 1.165) is 0 Å². The monoisotopic (exact) mass is 175 g/mol. The Morgan fingerprint density at radius 3 is 2.69 bits per heavy atom. The number of carbonyl (C=O) groups excluding carboxylic acids is 1. The van der Waals surface area contributed by atoms with Gasteiger partial charge < -0.3 is 5.11 Å². The van der Waals surface area contributed by atoms with Gasteiger partial charge in [0.2, 0.25) is 0 Å². The van der Waals surface area contributed by atoms with Crippen LogP contribution >= 0.6 is 0 Å². The van der Waals surface area contributed by atoms with Gasteiger partial charge in [-0.3, -0.25) is 4.79 Å². The van der Waals surface area contributed by atoms with E-state index in [-0.39, 0.29) is 11.1 Å². The van der Waals surface area contributed by atoms with Crippen molar-refractivity contribution in [3.05, 3.63) is 34.9 Å². The van der Waals surface area contributed by atoms with Gasteiger partial charge in [0.1, 0.15) is 12.4 Å². The fourth-order valence-electron chi connectivity index (χ4n) is 0.914. The second-order valence-electron chi connectivity index (χ2n) is 2.34. The van der Waals surface area contributed by atoms with Crippen molar-refractivity contribution in [3.8, 4) is 6.07 Å². The van der Waals surface area contributed by atoms with E-state index in [4.69, 9.17) is 10.4 Å². The van der Waals surface area contributed by atoms with Crippen molar-refractivity contribution in [1.29, 1.82) is 5.26 Å². The van der Waals surface area contributed by atoms with E-state index >= 15 is 0 Å². The molecule has 4 heteroatoms. The van der Waals surface area contributed by atoms with Crippen molar-refractivity contribution in [2.75, 3.05) is 0 Å². The molecule has 0 saturated heterocycles. The lowest BCUT2D eigenvalue weighted by Crippen LogP contribution is -2.00. The standard InChI is InChI=1S/C9H5NO3/c10-4-7-3-6(5-11)1-2-8(7)9(12)13/h1-3,5H,(H,12,13). The highest BCUT2D eigenvalue weighted by Gasteiger charge is 2.09. The number of benzene rings is 1. The molecule has 0 bridgehead atoms. The molecule has 13 heavy (non-hydrogen) atoms. The lowest BCUT2D eigenvalue weighted by atomic mass is 10.1. The smallest absolute Gasteiger partial charge is 0.337 e. The average Bonchev–Trinajstić information content (AvgIpc) is 2.16. The van der Waals surface area contributed by atoms with E-state index in [1.807, 2.05) is 0 Å². The SMILES string of the molecule is N#Cc1cc(C=O)ccc1C(=O)O. The number of carbonyl (C=O) groups is 2. The zero-order valence-corrected chi connectivity index (χ0v) is 6.52. The van der Waals surface area contributed by atoms with Crippen LogP contribution in [0.1, 0.15) is 26.3 Å². The highest BCUT2D eigenvalue weighted by atomic mass is 16.4. The zero-order valence-electron chi connectivity index (χ0n) is 6.52. The fourth-order valence-corrected chi connectivity index (χ4v) is 0.914. The van der Waals surface area contributed by atoms with Crippen molar-refractivity contribution >= 4 is 12.3 Å². The summed E-state index contributed by atoms with van der Waals surface area (Å²) in [5.74, 6) is -1.17. The molecule has 64 valence electrons. The first-order chi connectivity index (χ1) is 6.19. The number of carboxylic acids is 1. The topological polar surface area (TPSA) is 78.2 Å². The number of nitriles is 1. The summed E-state index contributed by atoms with van der Waals surface area (Å²) in [5, 5.41) is 17.2. The van der Waals surface area contributed by atoms with Crippen molar-refractivity contribution in [1.82, 2.24) is 0 Å². The summed E-state index contributed by atoms with van der Waals surface area (Å²) >= 11 is 0. The molecule has 0 atom stereocenters. The Balaban J connectivity index is 3.33. The second kappa shape index (κ2) is 3.50. The number of rotatable bonds is 2. The third-order valence-electron chi connectivity index (χ3n) is 1.53. The van der Waals surface area contributed by atoms with Gasteiger partial charge in [0.05, 0.1) is 11.1 Å². The molecule has 1 aromatic rings. The first kappa shape index (κ1) is 8.94. The van der Waals surface area contributed by atoms with Gasteiger partial charge in [0, 0.05) is 5.56 Å². The molecule has 0 saturated carbocycles. The molecule has 0 heterocycles. The van der Waals surface area contributed by atoms with Gasteiger partial charge in [-0.05, 0) is 12.1 Å². The van der Waals surface area contributed by atoms with Crippen molar-refractivity contribution < 1.29 is 14.7 Å². The first-order valence-electron chi connectivity index (χ1n) is 3.41. The normalized spacial score (nSPS) is 8.85. The molecule has 1 aromatic carbocycles. The van der Waals surface area contributed by atoms with Crippen LogP contribution in [0.3, 0.4) is 0 Å². The summed E-state index contributed by atoms with van der Waals surface area (Å²) in [7, 11) is 0. The van der Waals surface area contributed by atoms with Gasteiger partial charge >= 0.3 is 5.97 Å². The molecule has 0 fully saturated rings. The third-order valence-corrected chi connectivity index (χ3v) is 1.53. The lowest BCUT2D eigenvalue weighted by Gasteiger charge is -1.97. The minimum atomic E-state index is -1.17. The van der Waals surface area contributed by atoms with Gasteiger partial charge in [0.15, 0.2) is 0 Å². The van der Waals surface area contributed by atoms with Crippen LogP contribution in [0.4, 0.5) is 0 Å². The van der Waals surface area contributed by atoms with E-state index in [9.17, 15) is 9.59 Å². The van der Waals surface area contributed by atoms with E-state index in [0.29, 0.717) is 11.8 Å². The molecule has 0 aliphatic carbocycles. The van der Waals surface area contributed by atoms with Crippen LogP contribution in [0.5, 0.6) is 0 Å². The van der Waals surface area contributed by atoms with E-state index in [1.54, 1.807) is 6.07 Å². The Labute approximate surface area is 74.0 Å². The van der Waals surface area contributed by atoms with Crippen LogP contribution in [0.2, 0.25) is 0 Å². The Hall–Kier alpha value is -2.15. The molecule has 0 unspecified atom stereocenters. The number of carboxylic acid groups (broad SMARTS) is 1. The van der Waals surface area contributed by atoms with E-state index < -0.39 is 5.97 Å². The Kier molecular flexibility index (Phi) is 2.41. The molecule has 1 rings (SSSR count). The predicted octanol–water partition coefficient (Wildman–Crippen LogP) is 1.07. The van der Waals surface area contributed by atoms with Gasteiger partial charge in [0.25, 0.3) is 0 Å². The van der Waals surface area contributed by atoms with Gasteiger partial charge in [-0.25, -0.2) is 4.79 Å². The zero-order chi connectivity index (χ0) is 9.84. The van der Waals surface area contributed by atoms with Crippen molar-refractivity contribution in [2.24, 2.45) is 0 Å². The summed E-state index contributed by atoms with van der Waals surface area (Å²) in [6, 6.07) is 5.56. The molecule has 0 aromatic heterocycles. The second-order valence-corrected chi connectivity index (χ2v) is 2.34. The molecule has 0 aliphatic heterocycles. The van der Waals surface area contributed by atoms with E-state index in [2.05, 4.69) is 0 Å². The van der Waals surface area contributed by atoms with Crippen molar-refractivity contribution in [3.63, 3.8) is 0 Å². The Morgan fingerprint density at radius 2 is 2.23 bits per heavy atom. The summed E-state index contributed by atoms with van der Waals surface area (Å²) in [6.07, 6.45) is 0.562. The largest absolute Gasteiger partial charge is 0.478 e. The average molecular weight is 175 g/mol. The Bertz CT molecular complexity index is 404. The van der Waals surface area contributed by atoms with Crippen LogP contribution < -0.4 is 0 Å².